The van der Waals surface area contributed by atoms with E-state index in [2.05, 4.69) is 10.6 Å². The van der Waals surface area contributed by atoms with Crippen molar-refractivity contribution in [3.63, 3.8) is 0 Å². The van der Waals surface area contributed by atoms with Gasteiger partial charge in [0, 0.05) is 0 Å². The van der Waals surface area contributed by atoms with Crippen molar-refractivity contribution in [2.24, 2.45) is 5.73 Å². The molecule has 2 amide bonds. The SMILES string of the molecule is CSCCC(NC(=O)C(NC(=O)C(N)Cc1ccccc1)C(C)O)C(=O)O. The lowest BCUT2D eigenvalue weighted by Gasteiger charge is -2.24. The maximum atomic E-state index is 12.4. The lowest BCUT2D eigenvalue weighted by atomic mass is 10.0. The molecule has 27 heavy (non-hydrogen) atoms. The number of aliphatic hydroxyl groups is 1. The molecule has 0 aliphatic rings. The summed E-state index contributed by atoms with van der Waals surface area (Å²) >= 11 is 1.45. The molecule has 1 rings (SSSR count). The van der Waals surface area contributed by atoms with E-state index in [1.54, 1.807) is 0 Å². The predicted octanol–water partition coefficient (Wildman–Crippen LogP) is -0.255. The molecule has 0 spiro atoms. The Morgan fingerprint density at radius 3 is 2.30 bits per heavy atom. The van der Waals surface area contributed by atoms with Crippen LogP contribution in [0.3, 0.4) is 0 Å². The van der Waals surface area contributed by atoms with E-state index < -0.39 is 42.0 Å². The molecule has 0 fully saturated rings. The summed E-state index contributed by atoms with van der Waals surface area (Å²) in [6.45, 7) is 1.34. The highest BCUT2D eigenvalue weighted by molar-refractivity contribution is 7.98. The van der Waals surface area contributed by atoms with Gasteiger partial charge in [-0.3, -0.25) is 9.59 Å². The summed E-state index contributed by atoms with van der Waals surface area (Å²) in [6, 6.07) is 5.85. The summed E-state index contributed by atoms with van der Waals surface area (Å²) < 4.78 is 0. The van der Waals surface area contributed by atoms with Crippen LogP contribution in [0.4, 0.5) is 0 Å². The van der Waals surface area contributed by atoms with E-state index in [4.69, 9.17) is 5.73 Å². The van der Waals surface area contributed by atoms with Gasteiger partial charge in [-0.25, -0.2) is 4.79 Å². The van der Waals surface area contributed by atoms with Crippen LogP contribution in [0.1, 0.15) is 18.9 Å². The van der Waals surface area contributed by atoms with Crippen molar-refractivity contribution in [2.45, 2.75) is 44.0 Å². The van der Waals surface area contributed by atoms with Gasteiger partial charge in [0.1, 0.15) is 12.1 Å². The molecule has 150 valence electrons. The average Bonchev–Trinajstić information content (AvgIpc) is 2.62. The molecular formula is C18H27N3O5S. The number of rotatable bonds is 11. The number of hydrogen-bond donors (Lipinski definition) is 5. The highest BCUT2D eigenvalue weighted by Crippen LogP contribution is 2.05. The summed E-state index contributed by atoms with van der Waals surface area (Å²) in [7, 11) is 0. The van der Waals surface area contributed by atoms with E-state index in [0.29, 0.717) is 5.75 Å². The van der Waals surface area contributed by atoms with Gasteiger partial charge in [-0.05, 0) is 37.3 Å². The summed E-state index contributed by atoms with van der Waals surface area (Å²) in [6.07, 6.45) is 1.11. The first-order chi connectivity index (χ1) is 12.8. The van der Waals surface area contributed by atoms with E-state index in [1.165, 1.54) is 18.7 Å². The molecule has 9 heteroatoms. The van der Waals surface area contributed by atoms with E-state index in [1.807, 2.05) is 36.6 Å². The summed E-state index contributed by atoms with van der Waals surface area (Å²) in [5.41, 5.74) is 6.75. The molecule has 0 aliphatic heterocycles. The number of carboxylic acids is 1. The topological polar surface area (TPSA) is 142 Å². The van der Waals surface area contributed by atoms with Crippen LogP contribution < -0.4 is 16.4 Å². The minimum Gasteiger partial charge on any atom is -0.480 e. The highest BCUT2D eigenvalue weighted by Gasteiger charge is 2.30. The summed E-state index contributed by atoms with van der Waals surface area (Å²) in [5.74, 6) is -1.99. The highest BCUT2D eigenvalue weighted by atomic mass is 32.2. The third-order valence-corrected chi connectivity index (χ3v) is 4.57. The van der Waals surface area contributed by atoms with Crippen LogP contribution in [0.2, 0.25) is 0 Å². The second kappa shape index (κ2) is 11.6. The largest absolute Gasteiger partial charge is 0.480 e. The number of benzene rings is 1. The number of thioether (sulfide) groups is 1. The van der Waals surface area contributed by atoms with Gasteiger partial charge < -0.3 is 26.6 Å². The number of aliphatic hydroxyl groups excluding tert-OH is 1. The zero-order chi connectivity index (χ0) is 20.4. The molecule has 8 nitrogen and oxygen atoms in total. The van der Waals surface area contributed by atoms with Gasteiger partial charge >= 0.3 is 5.97 Å². The third-order valence-electron chi connectivity index (χ3n) is 3.92. The Balaban J connectivity index is 2.71. The number of hydrogen-bond acceptors (Lipinski definition) is 6. The van der Waals surface area contributed by atoms with Gasteiger partial charge in [0.2, 0.25) is 11.8 Å². The molecule has 0 heterocycles. The van der Waals surface area contributed by atoms with Crippen molar-refractivity contribution < 1.29 is 24.6 Å². The first-order valence-corrected chi connectivity index (χ1v) is 9.95. The zero-order valence-electron chi connectivity index (χ0n) is 15.4. The van der Waals surface area contributed by atoms with Crippen LogP contribution in [0.15, 0.2) is 30.3 Å². The van der Waals surface area contributed by atoms with Crippen LogP contribution in [0.25, 0.3) is 0 Å². The van der Waals surface area contributed by atoms with Gasteiger partial charge in [-0.1, -0.05) is 30.3 Å². The number of carboxylic acid groups (broad SMARTS) is 1. The van der Waals surface area contributed by atoms with Gasteiger partial charge in [-0.15, -0.1) is 0 Å². The Labute approximate surface area is 162 Å². The average molecular weight is 397 g/mol. The van der Waals surface area contributed by atoms with Crippen molar-refractivity contribution in [1.29, 1.82) is 0 Å². The Morgan fingerprint density at radius 2 is 1.78 bits per heavy atom. The second-order valence-corrected chi connectivity index (χ2v) is 7.19. The molecule has 1 aromatic rings. The standard InChI is InChI=1S/C18H27N3O5S/c1-11(22)15(17(24)20-14(18(25)26)8-9-27-2)21-16(23)13(19)10-12-6-4-3-5-7-12/h3-7,11,13-15,22H,8-10,19H2,1-2H3,(H,20,24)(H,21,23)(H,25,26). The maximum absolute atomic E-state index is 12.4. The number of amides is 2. The van der Waals surface area contributed by atoms with Crippen molar-refractivity contribution >= 4 is 29.5 Å². The fraction of sp³-hybridized carbons (Fsp3) is 0.500. The van der Waals surface area contributed by atoms with Crippen LogP contribution >= 0.6 is 11.8 Å². The van der Waals surface area contributed by atoms with Crippen LogP contribution in [-0.4, -0.2) is 64.2 Å². The summed E-state index contributed by atoms with van der Waals surface area (Å²) in [5, 5.41) is 23.8. The molecule has 0 radical (unpaired) electrons. The van der Waals surface area contributed by atoms with E-state index in [9.17, 15) is 24.6 Å². The van der Waals surface area contributed by atoms with Crippen LogP contribution in [-0.2, 0) is 20.8 Å². The predicted molar refractivity (Wildman–Crippen MR) is 104 cm³/mol. The number of nitrogens with two attached hydrogens (primary N) is 1. The monoisotopic (exact) mass is 397 g/mol. The van der Waals surface area contributed by atoms with Gasteiger partial charge in [0.05, 0.1) is 12.1 Å². The van der Waals surface area contributed by atoms with E-state index in [-0.39, 0.29) is 12.8 Å². The molecule has 4 unspecified atom stereocenters. The fourth-order valence-corrected chi connectivity index (χ4v) is 2.85. The lowest BCUT2D eigenvalue weighted by molar-refractivity contribution is -0.143. The van der Waals surface area contributed by atoms with E-state index >= 15 is 0 Å². The number of carbonyl (C=O) groups excluding carboxylic acids is 2. The summed E-state index contributed by atoms with van der Waals surface area (Å²) in [4.78, 5) is 36.0. The number of nitrogens with one attached hydrogen (secondary N) is 2. The molecule has 0 aromatic heterocycles. The van der Waals surface area contributed by atoms with Gasteiger partial charge in [-0.2, -0.15) is 11.8 Å². The molecular weight excluding hydrogens is 370 g/mol. The first kappa shape index (κ1) is 22.9. The Bertz CT molecular complexity index is 627. The Morgan fingerprint density at radius 1 is 1.15 bits per heavy atom. The van der Waals surface area contributed by atoms with Crippen molar-refractivity contribution in [3.8, 4) is 0 Å². The first-order valence-electron chi connectivity index (χ1n) is 8.56. The fourth-order valence-electron chi connectivity index (χ4n) is 2.38. The smallest absolute Gasteiger partial charge is 0.326 e. The van der Waals surface area contributed by atoms with E-state index in [0.717, 1.165) is 5.56 Å². The van der Waals surface area contributed by atoms with Crippen molar-refractivity contribution in [3.05, 3.63) is 35.9 Å². The van der Waals surface area contributed by atoms with Gasteiger partial charge in [0.25, 0.3) is 0 Å². The number of carbonyl (C=O) groups is 3. The maximum Gasteiger partial charge on any atom is 0.326 e. The molecule has 0 bridgehead atoms. The second-order valence-electron chi connectivity index (χ2n) is 6.20. The van der Waals surface area contributed by atoms with Crippen molar-refractivity contribution in [2.75, 3.05) is 12.0 Å². The molecule has 0 aliphatic carbocycles. The molecule has 0 saturated carbocycles. The minimum absolute atomic E-state index is 0.232. The van der Waals surface area contributed by atoms with Crippen LogP contribution in [0, 0.1) is 0 Å². The zero-order valence-corrected chi connectivity index (χ0v) is 16.2. The molecule has 0 saturated heterocycles. The molecule has 1 aromatic carbocycles. The van der Waals surface area contributed by atoms with Gasteiger partial charge in [0.15, 0.2) is 0 Å². The van der Waals surface area contributed by atoms with Crippen LogP contribution in [0.5, 0.6) is 0 Å². The van der Waals surface area contributed by atoms with Crippen molar-refractivity contribution in [1.82, 2.24) is 10.6 Å². The molecule has 4 atom stereocenters. The lowest BCUT2D eigenvalue weighted by Crippen LogP contribution is -2.58. The third kappa shape index (κ3) is 7.98. The number of aliphatic carboxylic acids is 1. The normalized spacial score (nSPS) is 15.3. The minimum atomic E-state index is -1.30. The quantitative estimate of drug-likeness (QED) is 0.346. The Hall–Kier alpha value is -2.10. The molecule has 6 N–H and O–H groups in total. The Kier molecular flexibility index (Phi) is 9.84.